The number of nitrogens with two attached hydrogens (primary N) is 1. The van der Waals surface area contributed by atoms with Crippen molar-refractivity contribution in [3.8, 4) is 0 Å². The summed E-state index contributed by atoms with van der Waals surface area (Å²) in [5.74, 6) is 1.54. The number of anilines is 1. The second-order valence-electron chi connectivity index (χ2n) is 5.46. The molecule has 1 aromatic rings. The van der Waals surface area contributed by atoms with Gasteiger partial charge in [0.1, 0.15) is 10.7 Å². The summed E-state index contributed by atoms with van der Waals surface area (Å²) in [6.07, 6.45) is 7.05. The first kappa shape index (κ1) is 14.3. The molecule has 0 atom stereocenters. The van der Waals surface area contributed by atoms with Crippen LogP contribution in [-0.2, 0) is 10.0 Å². The number of H-pyrrole nitrogens is 1. The summed E-state index contributed by atoms with van der Waals surface area (Å²) in [7, 11) is -3.53. The lowest BCUT2D eigenvalue weighted by Crippen LogP contribution is -2.27. The fraction of sp³-hybridized carbons (Fsp3) is 0.750. The molecule has 1 saturated carbocycles. The first-order valence-electron chi connectivity index (χ1n) is 6.77. The molecule has 0 aromatic carbocycles. The second kappa shape index (κ2) is 5.92. The van der Waals surface area contributed by atoms with Crippen LogP contribution < -0.4 is 10.5 Å². The van der Waals surface area contributed by atoms with Gasteiger partial charge in [0.25, 0.3) is 0 Å². The molecular weight excluding hydrogens is 264 g/mol. The first-order chi connectivity index (χ1) is 8.99. The summed E-state index contributed by atoms with van der Waals surface area (Å²) in [5.41, 5.74) is 5.52. The molecule has 0 aliphatic heterocycles. The standard InChI is InChI=1S/C12H22N4O2S/c1-9-2-4-10(5-3-9)6-7-15-19(17,18)11-8-14-16-12(11)13/h8-10,15H,2-7H2,1H3,(H3,13,14,16). The number of aromatic amines is 1. The van der Waals surface area contributed by atoms with E-state index in [0.717, 1.165) is 12.3 Å². The number of nitrogens with one attached hydrogen (secondary N) is 2. The zero-order chi connectivity index (χ0) is 13.9. The van der Waals surface area contributed by atoms with Crippen molar-refractivity contribution in [1.29, 1.82) is 0 Å². The highest BCUT2D eigenvalue weighted by Crippen LogP contribution is 2.30. The smallest absolute Gasteiger partial charge is 0.245 e. The predicted octanol–water partition coefficient (Wildman–Crippen LogP) is 1.49. The minimum atomic E-state index is -3.53. The van der Waals surface area contributed by atoms with E-state index < -0.39 is 10.0 Å². The summed E-state index contributed by atoms with van der Waals surface area (Å²) in [5, 5.41) is 6.05. The summed E-state index contributed by atoms with van der Waals surface area (Å²) in [6, 6.07) is 0. The van der Waals surface area contributed by atoms with E-state index in [2.05, 4.69) is 21.8 Å². The molecule has 7 heteroatoms. The van der Waals surface area contributed by atoms with Crippen molar-refractivity contribution in [3.63, 3.8) is 0 Å². The van der Waals surface area contributed by atoms with Crippen LogP contribution in [0.4, 0.5) is 5.82 Å². The number of rotatable bonds is 5. The van der Waals surface area contributed by atoms with Crippen LogP contribution >= 0.6 is 0 Å². The maximum atomic E-state index is 12.0. The van der Waals surface area contributed by atoms with Crippen LogP contribution in [0.2, 0.25) is 0 Å². The normalized spacial score (nSPS) is 24.5. The average Bonchev–Trinajstić information content (AvgIpc) is 2.79. The van der Waals surface area contributed by atoms with Gasteiger partial charge in [0.15, 0.2) is 0 Å². The fourth-order valence-corrected chi connectivity index (χ4v) is 3.66. The van der Waals surface area contributed by atoms with Gasteiger partial charge in [-0.15, -0.1) is 0 Å². The molecule has 0 saturated heterocycles. The Morgan fingerprint density at radius 3 is 2.68 bits per heavy atom. The van der Waals surface area contributed by atoms with Gasteiger partial charge in [0.05, 0.1) is 6.20 Å². The molecule has 1 fully saturated rings. The van der Waals surface area contributed by atoms with Crippen molar-refractivity contribution in [2.24, 2.45) is 11.8 Å². The lowest BCUT2D eigenvalue weighted by Gasteiger charge is -2.26. The molecule has 0 radical (unpaired) electrons. The van der Waals surface area contributed by atoms with E-state index in [1.165, 1.54) is 31.9 Å². The fourth-order valence-electron chi connectivity index (χ4n) is 2.59. The molecule has 2 rings (SSSR count). The topological polar surface area (TPSA) is 101 Å². The van der Waals surface area contributed by atoms with Gasteiger partial charge in [-0.2, -0.15) is 5.10 Å². The molecule has 0 unspecified atom stereocenters. The first-order valence-corrected chi connectivity index (χ1v) is 8.26. The maximum Gasteiger partial charge on any atom is 0.245 e. The highest BCUT2D eigenvalue weighted by molar-refractivity contribution is 7.89. The van der Waals surface area contributed by atoms with E-state index in [-0.39, 0.29) is 10.7 Å². The summed E-state index contributed by atoms with van der Waals surface area (Å²) < 4.78 is 26.5. The largest absolute Gasteiger partial charge is 0.383 e. The highest BCUT2D eigenvalue weighted by atomic mass is 32.2. The van der Waals surface area contributed by atoms with Crippen LogP contribution in [-0.4, -0.2) is 25.2 Å². The quantitative estimate of drug-likeness (QED) is 0.763. The third-order valence-corrected chi connectivity index (χ3v) is 5.39. The van der Waals surface area contributed by atoms with E-state index in [9.17, 15) is 8.42 Å². The van der Waals surface area contributed by atoms with Crippen molar-refractivity contribution in [2.75, 3.05) is 12.3 Å². The molecule has 0 spiro atoms. The Morgan fingerprint density at radius 2 is 2.11 bits per heavy atom. The van der Waals surface area contributed by atoms with Gasteiger partial charge in [-0.1, -0.05) is 32.6 Å². The van der Waals surface area contributed by atoms with Crippen LogP contribution in [0.15, 0.2) is 11.1 Å². The molecule has 1 aromatic heterocycles. The lowest BCUT2D eigenvalue weighted by molar-refractivity contribution is 0.278. The third-order valence-electron chi connectivity index (χ3n) is 3.90. The number of sulfonamides is 1. The van der Waals surface area contributed by atoms with Crippen molar-refractivity contribution >= 4 is 15.8 Å². The van der Waals surface area contributed by atoms with Crippen molar-refractivity contribution in [3.05, 3.63) is 6.20 Å². The number of hydrogen-bond donors (Lipinski definition) is 3. The molecule has 1 heterocycles. The predicted molar refractivity (Wildman–Crippen MR) is 73.9 cm³/mol. The molecule has 1 aliphatic carbocycles. The molecule has 6 nitrogen and oxygen atoms in total. The van der Waals surface area contributed by atoms with Crippen molar-refractivity contribution in [2.45, 2.75) is 43.9 Å². The Kier molecular flexibility index (Phi) is 4.46. The molecular formula is C12H22N4O2S. The minimum absolute atomic E-state index is 0.0322. The van der Waals surface area contributed by atoms with Crippen molar-refractivity contribution in [1.82, 2.24) is 14.9 Å². The van der Waals surface area contributed by atoms with E-state index in [1.807, 2.05) is 0 Å². The Balaban J connectivity index is 1.81. The zero-order valence-corrected chi connectivity index (χ0v) is 12.0. The van der Waals surface area contributed by atoms with E-state index in [1.54, 1.807) is 0 Å². The monoisotopic (exact) mass is 286 g/mol. The van der Waals surface area contributed by atoms with Gasteiger partial charge < -0.3 is 5.73 Å². The number of nitrogen functional groups attached to an aromatic ring is 1. The summed E-state index contributed by atoms with van der Waals surface area (Å²) >= 11 is 0. The maximum absolute atomic E-state index is 12.0. The van der Waals surface area contributed by atoms with Gasteiger partial charge in [0, 0.05) is 6.54 Å². The molecule has 0 bridgehead atoms. The number of aromatic nitrogens is 2. The Hall–Kier alpha value is -1.08. The summed E-state index contributed by atoms with van der Waals surface area (Å²) in [6.45, 7) is 2.74. The average molecular weight is 286 g/mol. The van der Waals surface area contributed by atoms with Gasteiger partial charge in [-0.05, 0) is 18.3 Å². The minimum Gasteiger partial charge on any atom is -0.383 e. The van der Waals surface area contributed by atoms with E-state index in [0.29, 0.717) is 12.5 Å². The van der Waals surface area contributed by atoms with Crippen LogP contribution in [0.25, 0.3) is 0 Å². The SMILES string of the molecule is CC1CCC(CCNS(=O)(=O)c2cn[nH]c2N)CC1. The van der Waals surface area contributed by atoms with Gasteiger partial charge in [0.2, 0.25) is 10.0 Å². The van der Waals surface area contributed by atoms with Gasteiger partial charge in [-0.3, -0.25) is 5.10 Å². The Bertz CT molecular complexity index is 504. The van der Waals surface area contributed by atoms with Crippen LogP contribution in [0.1, 0.15) is 39.0 Å². The molecule has 1 aliphatic rings. The lowest BCUT2D eigenvalue weighted by atomic mass is 9.81. The zero-order valence-electron chi connectivity index (χ0n) is 11.2. The van der Waals surface area contributed by atoms with Gasteiger partial charge >= 0.3 is 0 Å². The second-order valence-corrected chi connectivity index (χ2v) is 7.20. The van der Waals surface area contributed by atoms with Crippen LogP contribution in [0.3, 0.4) is 0 Å². The third kappa shape index (κ3) is 3.70. The molecule has 0 amide bonds. The number of hydrogen-bond acceptors (Lipinski definition) is 4. The Labute approximate surface area is 114 Å². The van der Waals surface area contributed by atoms with Gasteiger partial charge in [-0.25, -0.2) is 13.1 Å². The van der Waals surface area contributed by atoms with Crippen LogP contribution in [0.5, 0.6) is 0 Å². The highest BCUT2D eigenvalue weighted by Gasteiger charge is 2.21. The molecule has 19 heavy (non-hydrogen) atoms. The van der Waals surface area contributed by atoms with E-state index in [4.69, 9.17) is 5.73 Å². The summed E-state index contributed by atoms with van der Waals surface area (Å²) in [4.78, 5) is 0.0322. The van der Waals surface area contributed by atoms with Crippen molar-refractivity contribution < 1.29 is 8.42 Å². The van der Waals surface area contributed by atoms with Crippen LogP contribution in [0, 0.1) is 11.8 Å². The van der Waals surface area contributed by atoms with E-state index >= 15 is 0 Å². The molecule has 4 N–H and O–H groups in total. The number of nitrogens with zero attached hydrogens (tertiary/aromatic N) is 1. The Morgan fingerprint density at radius 1 is 1.42 bits per heavy atom. The molecule has 108 valence electrons.